The van der Waals surface area contributed by atoms with Gasteiger partial charge in [-0.1, -0.05) is 11.6 Å². The van der Waals surface area contributed by atoms with Gasteiger partial charge in [0.05, 0.1) is 15.3 Å². The highest BCUT2D eigenvalue weighted by atomic mass is 35.5. The van der Waals surface area contributed by atoms with Gasteiger partial charge in [0, 0.05) is 19.8 Å². The minimum Gasteiger partial charge on any atom is -0.381 e. The van der Waals surface area contributed by atoms with Crippen molar-refractivity contribution in [3.63, 3.8) is 0 Å². The number of hydrogen-bond donors (Lipinski definition) is 1. The number of ether oxygens (including phenoxy) is 1. The Kier molecular flexibility index (Phi) is 3.64. The number of rotatable bonds is 3. The maximum atomic E-state index is 12.4. The topological polar surface area (TPSA) is 52.3 Å². The summed E-state index contributed by atoms with van der Waals surface area (Å²) in [5, 5.41) is 2.37. The Balaban J connectivity index is 2.28. The Morgan fingerprint density at radius 1 is 1.56 bits per heavy atom. The maximum absolute atomic E-state index is 12.4. The summed E-state index contributed by atoms with van der Waals surface area (Å²) in [7, 11) is 0. The van der Waals surface area contributed by atoms with Crippen LogP contribution in [0, 0.1) is 5.41 Å². The van der Waals surface area contributed by atoms with E-state index in [1.165, 1.54) is 11.3 Å². The van der Waals surface area contributed by atoms with Crippen LogP contribution in [-0.4, -0.2) is 25.5 Å². The summed E-state index contributed by atoms with van der Waals surface area (Å²) in [6, 6.07) is 1.75. The molecule has 1 saturated heterocycles. The number of nitrogens with two attached hydrogens (primary N) is 1. The molecular weight excluding hydrogens is 246 g/mol. The van der Waals surface area contributed by atoms with Crippen LogP contribution in [0.3, 0.4) is 0 Å². The zero-order valence-electron chi connectivity index (χ0n) is 8.87. The zero-order chi connectivity index (χ0) is 11.6. The summed E-state index contributed by atoms with van der Waals surface area (Å²) in [6.07, 6.45) is 1.38. The molecule has 0 radical (unpaired) electrons. The Labute approximate surface area is 104 Å². The van der Waals surface area contributed by atoms with E-state index in [0.717, 1.165) is 0 Å². The van der Waals surface area contributed by atoms with Crippen molar-refractivity contribution in [2.75, 3.05) is 19.8 Å². The molecule has 2 heterocycles. The molecule has 2 N–H and O–H groups in total. The molecule has 5 heteroatoms. The molecule has 16 heavy (non-hydrogen) atoms. The largest absolute Gasteiger partial charge is 0.381 e. The molecule has 1 aliphatic rings. The minimum atomic E-state index is -0.466. The SMILES string of the molecule is NCC1(C(=O)c2sccc2Cl)CCOCC1. The molecule has 0 amide bonds. The fourth-order valence-corrected chi connectivity index (χ4v) is 3.18. The highest BCUT2D eigenvalue weighted by Gasteiger charge is 2.40. The van der Waals surface area contributed by atoms with E-state index in [1.54, 1.807) is 6.07 Å². The molecule has 88 valence electrons. The first-order valence-electron chi connectivity index (χ1n) is 5.25. The number of halogens is 1. The van der Waals surface area contributed by atoms with E-state index in [-0.39, 0.29) is 5.78 Å². The number of ketones is 1. The van der Waals surface area contributed by atoms with Gasteiger partial charge in [0.15, 0.2) is 5.78 Å². The Morgan fingerprint density at radius 3 is 2.75 bits per heavy atom. The second-order valence-electron chi connectivity index (χ2n) is 4.02. The fraction of sp³-hybridized carbons (Fsp3) is 0.545. The normalized spacial score (nSPS) is 19.6. The fourth-order valence-electron chi connectivity index (χ4n) is 1.98. The lowest BCUT2D eigenvalue weighted by molar-refractivity contribution is 0.0203. The first kappa shape index (κ1) is 12.0. The van der Waals surface area contributed by atoms with Gasteiger partial charge in [-0.05, 0) is 24.3 Å². The summed E-state index contributed by atoms with van der Waals surface area (Å²) >= 11 is 7.38. The molecule has 0 bridgehead atoms. The van der Waals surface area contributed by atoms with Crippen LogP contribution in [0.2, 0.25) is 5.02 Å². The van der Waals surface area contributed by atoms with E-state index in [1.807, 2.05) is 5.38 Å². The van der Waals surface area contributed by atoms with Crippen LogP contribution in [0.25, 0.3) is 0 Å². The van der Waals surface area contributed by atoms with Crippen LogP contribution >= 0.6 is 22.9 Å². The average molecular weight is 260 g/mol. The average Bonchev–Trinajstić information content (AvgIpc) is 2.75. The predicted molar refractivity (Wildman–Crippen MR) is 65.2 cm³/mol. The molecule has 1 fully saturated rings. The van der Waals surface area contributed by atoms with Gasteiger partial charge in [-0.25, -0.2) is 0 Å². The van der Waals surface area contributed by atoms with Crippen LogP contribution < -0.4 is 5.73 Å². The van der Waals surface area contributed by atoms with Crippen molar-refractivity contribution in [3.05, 3.63) is 21.3 Å². The monoisotopic (exact) mass is 259 g/mol. The van der Waals surface area contributed by atoms with Gasteiger partial charge >= 0.3 is 0 Å². The van der Waals surface area contributed by atoms with Crippen LogP contribution in [0.1, 0.15) is 22.5 Å². The summed E-state index contributed by atoms with van der Waals surface area (Å²) < 4.78 is 5.29. The third-order valence-electron chi connectivity index (χ3n) is 3.15. The van der Waals surface area contributed by atoms with Crippen LogP contribution in [-0.2, 0) is 4.74 Å². The molecular formula is C11H14ClNO2S. The maximum Gasteiger partial charge on any atom is 0.181 e. The third-order valence-corrected chi connectivity index (χ3v) is 4.49. The van der Waals surface area contributed by atoms with Crippen molar-refractivity contribution in [1.29, 1.82) is 0 Å². The van der Waals surface area contributed by atoms with E-state index >= 15 is 0 Å². The van der Waals surface area contributed by atoms with Crippen molar-refractivity contribution in [2.45, 2.75) is 12.8 Å². The summed E-state index contributed by atoms with van der Waals surface area (Å²) in [5.41, 5.74) is 5.31. The predicted octanol–water partition coefficient (Wildman–Crippen LogP) is 2.34. The Hall–Kier alpha value is -0.420. The lowest BCUT2D eigenvalue weighted by Gasteiger charge is -2.34. The molecule has 0 saturated carbocycles. The summed E-state index contributed by atoms with van der Waals surface area (Å²) in [5.74, 6) is 0.0818. The van der Waals surface area contributed by atoms with E-state index in [4.69, 9.17) is 22.1 Å². The number of hydrogen-bond acceptors (Lipinski definition) is 4. The van der Waals surface area contributed by atoms with E-state index < -0.39 is 5.41 Å². The van der Waals surface area contributed by atoms with Crippen LogP contribution in [0.4, 0.5) is 0 Å². The number of carbonyl (C=O) groups is 1. The van der Waals surface area contributed by atoms with E-state index in [9.17, 15) is 4.79 Å². The van der Waals surface area contributed by atoms with E-state index in [0.29, 0.717) is 42.5 Å². The van der Waals surface area contributed by atoms with Gasteiger partial charge in [-0.15, -0.1) is 11.3 Å². The third kappa shape index (κ3) is 2.02. The van der Waals surface area contributed by atoms with Gasteiger partial charge in [-0.2, -0.15) is 0 Å². The van der Waals surface area contributed by atoms with E-state index in [2.05, 4.69) is 0 Å². The second-order valence-corrected chi connectivity index (χ2v) is 5.35. The zero-order valence-corrected chi connectivity index (χ0v) is 10.4. The quantitative estimate of drug-likeness (QED) is 0.848. The molecule has 0 atom stereocenters. The lowest BCUT2D eigenvalue weighted by Crippen LogP contribution is -2.43. The highest BCUT2D eigenvalue weighted by Crippen LogP contribution is 2.37. The molecule has 0 unspecified atom stereocenters. The van der Waals surface area contributed by atoms with Crippen LogP contribution in [0.5, 0.6) is 0 Å². The highest BCUT2D eigenvalue weighted by molar-refractivity contribution is 7.12. The number of thiophene rings is 1. The molecule has 0 spiro atoms. The molecule has 1 aromatic rings. The van der Waals surface area contributed by atoms with Crippen molar-refractivity contribution >= 4 is 28.7 Å². The van der Waals surface area contributed by atoms with Crippen LogP contribution in [0.15, 0.2) is 11.4 Å². The van der Waals surface area contributed by atoms with Crippen molar-refractivity contribution in [3.8, 4) is 0 Å². The second kappa shape index (κ2) is 4.84. The van der Waals surface area contributed by atoms with Gasteiger partial charge in [-0.3, -0.25) is 4.79 Å². The van der Waals surface area contributed by atoms with Crippen molar-refractivity contribution in [1.82, 2.24) is 0 Å². The van der Waals surface area contributed by atoms with Gasteiger partial charge in [0.25, 0.3) is 0 Å². The molecule has 3 nitrogen and oxygen atoms in total. The first-order valence-corrected chi connectivity index (χ1v) is 6.51. The molecule has 0 aliphatic carbocycles. The number of Topliss-reactive ketones (excluding diaryl/α,β-unsaturated/α-hetero) is 1. The van der Waals surface area contributed by atoms with Gasteiger partial charge < -0.3 is 10.5 Å². The molecule has 1 aromatic heterocycles. The minimum absolute atomic E-state index is 0.0818. The standard InChI is InChI=1S/C11H14ClNO2S/c12-8-1-6-16-9(8)10(14)11(7-13)2-4-15-5-3-11/h1,6H,2-5,7,13H2. The lowest BCUT2D eigenvalue weighted by atomic mass is 9.76. The Bertz CT molecular complexity index is 385. The smallest absolute Gasteiger partial charge is 0.181 e. The van der Waals surface area contributed by atoms with Gasteiger partial charge in [0.2, 0.25) is 0 Å². The molecule has 2 rings (SSSR count). The van der Waals surface area contributed by atoms with Gasteiger partial charge in [0.1, 0.15) is 0 Å². The molecule has 1 aliphatic heterocycles. The molecule has 0 aromatic carbocycles. The van der Waals surface area contributed by atoms with Crippen molar-refractivity contribution < 1.29 is 9.53 Å². The summed E-state index contributed by atoms with van der Waals surface area (Å²) in [6.45, 7) is 1.57. The Morgan fingerprint density at radius 2 is 2.25 bits per heavy atom. The first-order chi connectivity index (χ1) is 7.69. The summed E-state index contributed by atoms with van der Waals surface area (Å²) in [4.78, 5) is 13.1. The number of carbonyl (C=O) groups excluding carboxylic acids is 1. The van der Waals surface area contributed by atoms with Crippen molar-refractivity contribution in [2.24, 2.45) is 11.1 Å².